The van der Waals surface area contributed by atoms with Crippen LogP contribution in [0.3, 0.4) is 0 Å². The number of thiophene rings is 1. The maximum atomic E-state index is 5.93. The van der Waals surface area contributed by atoms with Gasteiger partial charge in [0, 0.05) is 17.0 Å². The molecule has 2 N–H and O–H groups in total. The molecule has 0 spiro atoms. The Morgan fingerprint density at radius 3 is 2.80 bits per heavy atom. The van der Waals surface area contributed by atoms with Gasteiger partial charge in [-0.1, -0.05) is 11.6 Å². The molecule has 0 bridgehead atoms. The van der Waals surface area contributed by atoms with Crippen LogP contribution in [0.5, 0.6) is 0 Å². The van der Waals surface area contributed by atoms with Crippen molar-refractivity contribution in [3.05, 3.63) is 21.3 Å². The van der Waals surface area contributed by atoms with E-state index in [9.17, 15) is 0 Å². The lowest BCUT2D eigenvalue weighted by Gasteiger charge is -2.26. The molecule has 1 unspecified atom stereocenters. The van der Waals surface area contributed by atoms with Crippen LogP contribution in [-0.2, 0) is 0 Å². The zero-order chi connectivity index (χ0) is 10.7. The predicted molar refractivity (Wildman–Crippen MR) is 66.8 cm³/mol. The first-order chi connectivity index (χ1) is 7.25. The van der Waals surface area contributed by atoms with Crippen molar-refractivity contribution in [1.82, 2.24) is 10.6 Å². The summed E-state index contributed by atoms with van der Waals surface area (Å²) >= 11 is 7.60. The van der Waals surface area contributed by atoms with Gasteiger partial charge in [-0.15, -0.1) is 11.3 Å². The van der Waals surface area contributed by atoms with E-state index in [1.54, 1.807) is 11.3 Å². The van der Waals surface area contributed by atoms with Crippen LogP contribution in [0.15, 0.2) is 12.1 Å². The third-order valence-corrected chi connectivity index (χ3v) is 4.26. The molecule has 0 saturated carbocycles. The summed E-state index contributed by atoms with van der Waals surface area (Å²) in [4.78, 5) is 1.33. The number of rotatable bonds is 3. The van der Waals surface area contributed by atoms with E-state index in [0.717, 1.165) is 17.4 Å². The second kappa shape index (κ2) is 5.30. The zero-order valence-electron chi connectivity index (χ0n) is 8.92. The van der Waals surface area contributed by atoms with Crippen molar-refractivity contribution in [2.45, 2.75) is 31.8 Å². The third-order valence-electron chi connectivity index (χ3n) is 2.85. The maximum Gasteiger partial charge on any atom is 0.0931 e. The average Bonchev–Trinajstić information content (AvgIpc) is 2.66. The predicted octanol–water partition coefficient (Wildman–Crippen LogP) is 2.80. The van der Waals surface area contributed by atoms with Gasteiger partial charge in [-0.2, -0.15) is 0 Å². The van der Waals surface area contributed by atoms with Crippen LogP contribution >= 0.6 is 22.9 Å². The number of nitrogens with one attached hydrogen (secondary N) is 2. The van der Waals surface area contributed by atoms with Crippen LogP contribution in [0.4, 0.5) is 0 Å². The molecule has 0 amide bonds. The highest BCUT2D eigenvalue weighted by molar-refractivity contribution is 7.16. The van der Waals surface area contributed by atoms with Crippen molar-refractivity contribution >= 4 is 22.9 Å². The topological polar surface area (TPSA) is 24.1 Å². The van der Waals surface area contributed by atoms with E-state index in [4.69, 9.17) is 11.6 Å². The second-order valence-electron chi connectivity index (χ2n) is 4.05. The third kappa shape index (κ3) is 3.18. The Labute approximate surface area is 100 Å². The molecule has 1 fully saturated rings. The van der Waals surface area contributed by atoms with Crippen LogP contribution in [0.1, 0.15) is 30.7 Å². The number of hydrogen-bond acceptors (Lipinski definition) is 3. The summed E-state index contributed by atoms with van der Waals surface area (Å²) in [5.41, 5.74) is 0. The lowest BCUT2D eigenvalue weighted by molar-refractivity contribution is 0.361. The Morgan fingerprint density at radius 1 is 1.47 bits per heavy atom. The molecule has 1 aliphatic rings. The zero-order valence-corrected chi connectivity index (χ0v) is 10.5. The van der Waals surface area contributed by atoms with Crippen LogP contribution in [0.25, 0.3) is 0 Å². The SMILES string of the molecule is CC(NC1CCNCC1)c1ccc(Cl)s1. The first-order valence-corrected chi connectivity index (χ1v) is 6.67. The number of halogens is 1. The minimum atomic E-state index is 0.422. The highest BCUT2D eigenvalue weighted by Gasteiger charge is 2.16. The van der Waals surface area contributed by atoms with Gasteiger partial charge in [0.15, 0.2) is 0 Å². The van der Waals surface area contributed by atoms with Crippen molar-refractivity contribution in [1.29, 1.82) is 0 Å². The lowest BCUT2D eigenvalue weighted by atomic mass is 10.1. The fourth-order valence-electron chi connectivity index (χ4n) is 1.99. The summed E-state index contributed by atoms with van der Waals surface area (Å²) in [6.07, 6.45) is 2.45. The standard InChI is InChI=1S/C11H17ClN2S/c1-8(10-2-3-11(12)15-10)14-9-4-6-13-7-5-9/h2-3,8-9,13-14H,4-7H2,1H3. The van der Waals surface area contributed by atoms with Crippen molar-refractivity contribution in [2.75, 3.05) is 13.1 Å². The van der Waals surface area contributed by atoms with Gasteiger partial charge in [0.1, 0.15) is 0 Å². The van der Waals surface area contributed by atoms with E-state index < -0.39 is 0 Å². The Hall–Kier alpha value is -0.0900. The van der Waals surface area contributed by atoms with E-state index >= 15 is 0 Å². The molecule has 0 aliphatic carbocycles. The first kappa shape index (κ1) is 11.4. The minimum Gasteiger partial charge on any atom is -0.317 e. The summed E-state index contributed by atoms with van der Waals surface area (Å²) < 4.78 is 0.879. The lowest BCUT2D eigenvalue weighted by Crippen LogP contribution is -2.40. The molecule has 1 aromatic heterocycles. The van der Waals surface area contributed by atoms with Crippen LogP contribution in [-0.4, -0.2) is 19.1 Å². The number of hydrogen-bond donors (Lipinski definition) is 2. The maximum absolute atomic E-state index is 5.93. The van der Waals surface area contributed by atoms with Gasteiger partial charge < -0.3 is 10.6 Å². The van der Waals surface area contributed by atoms with Gasteiger partial charge >= 0.3 is 0 Å². The molecule has 1 aromatic rings. The van der Waals surface area contributed by atoms with Gasteiger partial charge in [0.2, 0.25) is 0 Å². The van der Waals surface area contributed by atoms with Crippen LogP contribution < -0.4 is 10.6 Å². The van der Waals surface area contributed by atoms with Gasteiger partial charge in [0.05, 0.1) is 4.34 Å². The molecule has 84 valence electrons. The van der Waals surface area contributed by atoms with Crippen molar-refractivity contribution in [3.63, 3.8) is 0 Å². The molecular weight excluding hydrogens is 228 g/mol. The molecule has 2 heterocycles. The van der Waals surface area contributed by atoms with Gasteiger partial charge in [-0.3, -0.25) is 0 Å². The average molecular weight is 245 g/mol. The Bertz CT molecular complexity index is 307. The molecule has 1 aliphatic heterocycles. The molecule has 0 aromatic carbocycles. The molecule has 0 radical (unpaired) electrons. The van der Waals surface area contributed by atoms with E-state index in [1.807, 2.05) is 6.07 Å². The molecule has 2 rings (SSSR count). The normalized spacial score (nSPS) is 20.4. The highest BCUT2D eigenvalue weighted by atomic mass is 35.5. The van der Waals surface area contributed by atoms with Crippen LogP contribution in [0.2, 0.25) is 4.34 Å². The van der Waals surface area contributed by atoms with E-state index in [-0.39, 0.29) is 0 Å². The van der Waals surface area contributed by atoms with Gasteiger partial charge in [-0.05, 0) is 45.0 Å². The van der Waals surface area contributed by atoms with E-state index in [0.29, 0.717) is 12.1 Å². The molecular formula is C11H17ClN2S. The second-order valence-corrected chi connectivity index (χ2v) is 5.80. The van der Waals surface area contributed by atoms with Gasteiger partial charge in [0.25, 0.3) is 0 Å². The summed E-state index contributed by atoms with van der Waals surface area (Å²) in [7, 11) is 0. The Balaban J connectivity index is 1.88. The summed E-state index contributed by atoms with van der Waals surface area (Å²) in [6.45, 7) is 4.48. The fourth-order valence-corrected chi connectivity index (χ4v) is 3.06. The van der Waals surface area contributed by atoms with E-state index in [2.05, 4.69) is 23.6 Å². The Morgan fingerprint density at radius 2 is 2.20 bits per heavy atom. The highest BCUT2D eigenvalue weighted by Crippen LogP contribution is 2.27. The fraction of sp³-hybridized carbons (Fsp3) is 0.636. The van der Waals surface area contributed by atoms with Gasteiger partial charge in [-0.25, -0.2) is 0 Å². The largest absolute Gasteiger partial charge is 0.317 e. The minimum absolute atomic E-state index is 0.422. The van der Waals surface area contributed by atoms with E-state index in [1.165, 1.54) is 17.7 Å². The molecule has 4 heteroatoms. The first-order valence-electron chi connectivity index (χ1n) is 5.47. The molecule has 1 atom stereocenters. The number of piperidine rings is 1. The van der Waals surface area contributed by atoms with Crippen molar-refractivity contribution in [2.24, 2.45) is 0 Å². The Kier molecular flexibility index (Phi) is 4.03. The summed E-state index contributed by atoms with van der Waals surface area (Å²) in [5.74, 6) is 0. The smallest absolute Gasteiger partial charge is 0.0931 e. The summed E-state index contributed by atoms with van der Waals surface area (Å²) in [5, 5.41) is 7.03. The molecule has 15 heavy (non-hydrogen) atoms. The van der Waals surface area contributed by atoms with Crippen molar-refractivity contribution < 1.29 is 0 Å². The quantitative estimate of drug-likeness (QED) is 0.855. The summed E-state index contributed by atoms with van der Waals surface area (Å²) in [6, 6.07) is 5.17. The van der Waals surface area contributed by atoms with Crippen LogP contribution in [0, 0.1) is 0 Å². The van der Waals surface area contributed by atoms with Crippen molar-refractivity contribution in [3.8, 4) is 0 Å². The molecule has 1 saturated heterocycles. The monoisotopic (exact) mass is 244 g/mol. The molecule has 2 nitrogen and oxygen atoms in total.